The van der Waals surface area contributed by atoms with Gasteiger partial charge in [-0.05, 0) is 63.5 Å². The van der Waals surface area contributed by atoms with E-state index in [-0.39, 0.29) is 41.2 Å². The van der Waals surface area contributed by atoms with Crippen molar-refractivity contribution in [3.63, 3.8) is 0 Å². The van der Waals surface area contributed by atoms with Crippen LogP contribution in [0.2, 0.25) is 0 Å². The summed E-state index contributed by atoms with van der Waals surface area (Å²) >= 11 is 0. The second kappa shape index (κ2) is 7.66. The predicted octanol–water partition coefficient (Wildman–Crippen LogP) is 3.50. The van der Waals surface area contributed by atoms with Crippen LogP contribution in [0.3, 0.4) is 0 Å². The monoisotopic (exact) mass is 387 g/mol. The number of nitrogens with zero attached hydrogens (tertiary/aromatic N) is 1. The van der Waals surface area contributed by atoms with Crippen LogP contribution in [0.4, 0.5) is 0 Å². The lowest BCUT2D eigenvalue weighted by molar-refractivity contribution is -0.150. The van der Waals surface area contributed by atoms with Crippen LogP contribution in [0.5, 0.6) is 0 Å². The number of hydrogen-bond donors (Lipinski definition) is 0. The van der Waals surface area contributed by atoms with Crippen LogP contribution in [0.1, 0.15) is 52.9 Å². The fourth-order valence-corrected chi connectivity index (χ4v) is 5.79. The molecule has 0 saturated carbocycles. The summed E-state index contributed by atoms with van der Waals surface area (Å²) in [5.41, 5.74) is 2.92. The third-order valence-corrected chi connectivity index (χ3v) is 7.28. The minimum absolute atomic E-state index is 0.00259. The Morgan fingerprint density at radius 1 is 1.43 bits per heavy atom. The molecule has 2 fully saturated rings. The van der Waals surface area contributed by atoms with Crippen molar-refractivity contribution in [1.29, 1.82) is 0 Å². The molecule has 0 aromatic rings. The molecule has 0 aromatic carbocycles. The maximum absolute atomic E-state index is 12.7. The van der Waals surface area contributed by atoms with E-state index < -0.39 is 0 Å². The van der Waals surface area contributed by atoms with Gasteiger partial charge in [0.1, 0.15) is 6.10 Å². The molecule has 5 heteroatoms. The van der Waals surface area contributed by atoms with Gasteiger partial charge in [-0.25, -0.2) is 0 Å². The number of fused-ring (bicyclic) bond motifs is 2. The lowest BCUT2D eigenvalue weighted by Crippen LogP contribution is -2.44. The first kappa shape index (κ1) is 19.7. The topological polar surface area (TPSA) is 55.8 Å². The van der Waals surface area contributed by atoms with Crippen molar-refractivity contribution < 1.29 is 19.1 Å². The Morgan fingerprint density at radius 3 is 3.04 bits per heavy atom. The van der Waals surface area contributed by atoms with Gasteiger partial charge in [-0.3, -0.25) is 9.59 Å². The van der Waals surface area contributed by atoms with E-state index in [9.17, 15) is 9.59 Å². The minimum Gasteiger partial charge on any atom is -0.466 e. The van der Waals surface area contributed by atoms with Gasteiger partial charge in [0.15, 0.2) is 0 Å². The second-order valence-corrected chi connectivity index (χ2v) is 9.28. The average molecular weight is 388 g/mol. The molecular weight excluding hydrogens is 354 g/mol. The third-order valence-electron chi connectivity index (χ3n) is 7.28. The highest BCUT2D eigenvalue weighted by Gasteiger charge is 2.51. The van der Waals surface area contributed by atoms with E-state index in [0.717, 1.165) is 38.6 Å². The minimum atomic E-state index is -0.127. The van der Waals surface area contributed by atoms with Gasteiger partial charge in [-0.15, -0.1) is 0 Å². The van der Waals surface area contributed by atoms with Crippen molar-refractivity contribution in [2.45, 2.75) is 59.0 Å². The molecule has 0 amide bonds. The van der Waals surface area contributed by atoms with Gasteiger partial charge in [0.25, 0.3) is 0 Å². The fourth-order valence-electron chi connectivity index (χ4n) is 5.79. The smallest absolute Gasteiger partial charge is 0.311 e. The first-order chi connectivity index (χ1) is 13.4. The van der Waals surface area contributed by atoms with Gasteiger partial charge in [0.2, 0.25) is 0 Å². The highest BCUT2D eigenvalue weighted by Crippen LogP contribution is 2.52. The summed E-state index contributed by atoms with van der Waals surface area (Å²) in [6.07, 6.45) is 9.71. The number of carbonyl (C=O) groups excluding carboxylic acids is 2. The highest BCUT2D eigenvalue weighted by molar-refractivity contribution is 5.76. The van der Waals surface area contributed by atoms with E-state index in [0.29, 0.717) is 19.7 Å². The van der Waals surface area contributed by atoms with Crippen LogP contribution in [0.25, 0.3) is 0 Å². The van der Waals surface area contributed by atoms with Gasteiger partial charge < -0.3 is 14.4 Å². The van der Waals surface area contributed by atoms with Crippen LogP contribution < -0.4 is 0 Å². The molecule has 2 heterocycles. The van der Waals surface area contributed by atoms with Gasteiger partial charge >= 0.3 is 11.9 Å². The van der Waals surface area contributed by atoms with Crippen molar-refractivity contribution in [3.05, 3.63) is 23.3 Å². The summed E-state index contributed by atoms with van der Waals surface area (Å²) in [4.78, 5) is 27.2. The van der Waals surface area contributed by atoms with Crippen LogP contribution in [0.15, 0.2) is 23.3 Å². The summed E-state index contributed by atoms with van der Waals surface area (Å²) in [6, 6.07) is 0. The summed E-state index contributed by atoms with van der Waals surface area (Å²) in [6.45, 7) is 9.09. The maximum Gasteiger partial charge on any atom is 0.311 e. The summed E-state index contributed by atoms with van der Waals surface area (Å²) in [5, 5.41) is 0. The number of piperidine rings is 1. The zero-order valence-electron chi connectivity index (χ0n) is 17.4. The molecule has 0 N–H and O–H groups in total. The largest absolute Gasteiger partial charge is 0.466 e. The summed E-state index contributed by atoms with van der Waals surface area (Å²) in [5.74, 6) is -0.206. The van der Waals surface area contributed by atoms with Crippen molar-refractivity contribution >= 4 is 11.9 Å². The Kier molecular flexibility index (Phi) is 5.38. The SMILES string of the molecule is CCOC(=O)[C@@H]1CCCN(C[C@H]2C(=O)O[C@@H]3C[C@@]4(C)CCC=C(C)C4=C[C@@H]32)C1. The van der Waals surface area contributed by atoms with Crippen molar-refractivity contribution in [2.75, 3.05) is 26.2 Å². The van der Waals surface area contributed by atoms with E-state index in [2.05, 4.69) is 30.9 Å². The number of esters is 2. The number of rotatable bonds is 4. The second-order valence-electron chi connectivity index (χ2n) is 9.28. The molecule has 0 aromatic heterocycles. The van der Waals surface area contributed by atoms with E-state index in [4.69, 9.17) is 9.47 Å². The number of ether oxygens (including phenoxy) is 2. The molecule has 5 nitrogen and oxygen atoms in total. The zero-order valence-corrected chi connectivity index (χ0v) is 17.4. The van der Waals surface area contributed by atoms with Crippen LogP contribution in [-0.2, 0) is 19.1 Å². The van der Waals surface area contributed by atoms with E-state index in [1.165, 1.54) is 11.1 Å². The van der Waals surface area contributed by atoms with Gasteiger partial charge in [0.05, 0.1) is 18.4 Å². The molecule has 2 saturated heterocycles. The van der Waals surface area contributed by atoms with Crippen molar-refractivity contribution in [2.24, 2.45) is 23.2 Å². The first-order valence-corrected chi connectivity index (χ1v) is 10.9. The van der Waals surface area contributed by atoms with E-state index in [1.807, 2.05) is 6.92 Å². The lowest BCUT2D eigenvalue weighted by Gasteiger charge is -2.43. The fraction of sp³-hybridized carbons (Fsp3) is 0.739. The normalized spacial score (nSPS) is 38.0. The number of allylic oxidation sites excluding steroid dienone is 3. The Labute approximate surface area is 168 Å². The first-order valence-electron chi connectivity index (χ1n) is 10.9. The standard InChI is InChI=1S/C23H33NO4/c1-4-27-21(25)16-8-6-10-24(13-16)14-18-17-11-19-15(2)7-5-9-23(19,3)12-20(17)28-22(18)26/h7,11,16-18,20H,4-6,8-10,12-14H2,1-3H3/t16-,17-,18-,20-,23-/m1/s1. The molecule has 5 atom stereocenters. The molecule has 0 radical (unpaired) electrons. The Bertz CT molecular complexity index is 711. The highest BCUT2D eigenvalue weighted by atomic mass is 16.6. The van der Waals surface area contributed by atoms with E-state index >= 15 is 0 Å². The zero-order chi connectivity index (χ0) is 19.9. The molecule has 154 valence electrons. The number of likely N-dealkylation sites (tertiary alicyclic amines) is 1. The Balaban J connectivity index is 1.49. The predicted molar refractivity (Wildman–Crippen MR) is 106 cm³/mol. The van der Waals surface area contributed by atoms with Crippen LogP contribution in [0, 0.1) is 23.2 Å². The van der Waals surface area contributed by atoms with Gasteiger partial charge in [-0.1, -0.05) is 24.6 Å². The van der Waals surface area contributed by atoms with Crippen LogP contribution >= 0.6 is 0 Å². The van der Waals surface area contributed by atoms with Gasteiger partial charge in [-0.2, -0.15) is 0 Å². The molecule has 28 heavy (non-hydrogen) atoms. The quantitative estimate of drug-likeness (QED) is 0.691. The van der Waals surface area contributed by atoms with Crippen LogP contribution in [-0.4, -0.2) is 49.2 Å². The molecule has 0 spiro atoms. The van der Waals surface area contributed by atoms with E-state index in [1.54, 1.807) is 0 Å². The maximum atomic E-state index is 12.7. The molecule has 2 aliphatic heterocycles. The molecule has 2 aliphatic carbocycles. The molecule has 0 unspecified atom stereocenters. The molecule has 4 rings (SSSR count). The molecule has 4 aliphatic rings. The number of hydrogen-bond acceptors (Lipinski definition) is 5. The molecular formula is C23H33NO4. The molecule has 0 bridgehead atoms. The van der Waals surface area contributed by atoms with Gasteiger partial charge in [0, 0.05) is 19.0 Å². The van der Waals surface area contributed by atoms with Crippen molar-refractivity contribution in [1.82, 2.24) is 4.90 Å². The summed E-state index contributed by atoms with van der Waals surface area (Å²) < 4.78 is 11.1. The third kappa shape index (κ3) is 3.54. The summed E-state index contributed by atoms with van der Waals surface area (Å²) in [7, 11) is 0. The number of carbonyl (C=O) groups is 2. The van der Waals surface area contributed by atoms with Crippen molar-refractivity contribution in [3.8, 4) is 0 Å². The Morgan fingerprint density at radius 2 is 2.25 bits per heavy atom. The average Bonchev–Trinajstić information content (AvgIpc) is 2.94. The lowest BCUT2D eigenvalue weighted by atomic mass is 9.62. The Hall–Kier alpha value is -1.62.